The third-order valence-electron chi connectivity index (χ3n) is 4.70. The Labute approximate surface area is 192 Å². The second-order valence-electron chi connectivity index (χ2n) is 7.19. The Kier molecular flexibility index (Phi) is 6.84. The van der Waals surface area contributed by atoms with Crippen LogP contribution in [0.3, 0.4) is 0 Å². The van der Waals surface area contributed by atoms with Crippen molar-refractivity contribution in [2.24, 2.45) is 0 Å². The van der Waals surface area contributed by atoms with Crippen molar-refractivity contribution in [1.82, 2.24) is 19.7 Å². The van der Waals surface area contributed by atoms with Gasteiger partial charge < -0.3 is 10.1 Å². The fourth-order valence-corrected chi connectivity index (χ4v) is 4.04. The highest BCUT2D eigenvalue weighted by molar-refractivity contribution is 7.92. The van der Waals surface area contributed by atoms with Crippen LogP contribution in [0.5, 0.6) is 5.75 Å². The molecule has 0 saturated carbocycles. The third kappa shape index (κ3) is 5.86. The minimum Gasteiger partial charge on any atom is -0.494 e. The van der Waals surface area contributed by atoms with Gasteiger partial charge in [0, 0.05) is 29.8 Å². The van der Waals surface area contributed by atoms with Crippen molar-refractivity contribution in [3.05, 3.63) is 79.4 Å². The predicted octanol–water partition coefficient (Wildman–Crippen LogP) is 4.39. The number of rotatable bonds is 10. The summed E-state index contributed by atoms with van der Waals surface area (Å²) in [5, 5.41) is 7.32. The number of nitrogens with one attached hydrogen (secondary N) is 2. The monoisotopic (exact) mass is 464 g/mol. The lowest BCUT2D eigenvalue weighted by atomic mass is 10.3. The van der Waals surface area contributed by atoms with E-state index >= 15 is 0 Å². The molecule has 10 heteroatoms. The number of unbranched alkanes of at least 4 members (excludes halogenated alkanes) is 1. The van der Waals surface area contributed by atoms with Gasteiger partial charge in [0.2, 0.25) is 0 Å². The molecule has 4 rings (SSSR count). The standard InChI is InChI=1S/C23H24N6O3S/c1-2-3-15-32-20-9-11-21(12-10-20)33(30,31)28-19-7-5-18(6-8-19)27-22-16-23(25-17-24-22)29-14-4-13-26-29/h4-14,16-17,28H,2-3,15H2,1H3,(H,24,25,27). The first-order chi connectivity index (χ1) is 16.0. The Morgan fingerprint density at radius 2 is 1.76 bits per heavy atom. The van der Waals surface area contributed by atoms with Crippen molar-refractivity contribution in [3.63, 3.8) is 0 Å². The van der Waals surface area contributed by atoms with Gasteiger partial charge in [0.05, 0.1) is 11.5 Å². The Morgan fingerprint density at radius 1 is 1.00 bits per heavy atom. The van der Waals surface area contributed by atoms with Gasteiger partial charge in [0.25, 0.3) is 10.0 Å². The highest BCUT2D eigenvalue weighted by Crippen LogP contribution is 2.22. The zero-order valence-electron chi connectivity index (χ0n) is 18.0. The Bertz CT molecular complexity index is 1270. The van der Waals surface area contributed by atoms with Crippen molar-refractivity contribution < 1.29 is 13.2 Å². The maximum Gasteiger partial charge on any atom is 0.261 e. The molecule has 0 bridgehead atoms. The molecule has 9 nitrogen and oxygen atoms in total. The zero-order valence-corrected chi connectivity index (χ0v) is 18.9. The van der Waals surface area contributed by atoms with Crippen LogP contribution in [-0.4, -0.2) is 34.8 Å². The molecule has 0 fully saturated rings. The van der Waals surface area contributed by atoms with Gasteiger partial charge in [-0.2, -0.15) is 5.10 Å². The topological polar surface area (TPSA) is 111 Å². The molecule has 0 aliphatic carbocycles. The van der Waals surface area contributed by atoms with Crippen molar-refractivity contribution in [2.45, 2.75) is 24.7 Å². The van der Waals surface area contributed by atoms with Crippen LogP contribution in [0.25, 0.3) is 5.82 Å². The van der Waals surface area contributed by atoms with Gasteiger partial charge in [-0.3, -0.25) is 4.72 Å². The molecular formula is C23H24N6O3S. The van der Waals surface area contributed by atoms with Crippen LogP contribution in [0.2, 0.25) is 0 Å². The van der Waals surface area contributed by atoms with Crippen LogP contribution < -0.4 is 14.8 Å². The largest absolute Gasteiger partial charge is 0.494 e. The number of ether oxygens (including phenoxy) is 1. The normalized spacial score (nSPS) is 11.2. The summed E-state index contributed by atoms with van der Waals surface area (Å²) in [6.07, 6.45) is 6.90. The molecule has 4 aromatic rings. The summed E-state index contributed by atoms with van der Waals surface area (Å²) < 4.78 is 35.2. The molecule has 0 aliphatic rings. The maximum atomic E-state index is 12.7. The zero-order chi connectivity index (χ0) is 23.1. The lowest BCUT2D eigenvalue weighted by molar-refractivity contribution is 0.309. The van der Waals surface area contributed by atoms with E-state index in [0.717, 1.165) is 18.5 Å². The Hall–Kier alpha value is -3.92. The Balaban J connectivity index is 1.39. The van der Waals surface area contributed by atoms with Crippen LogP contribution in [-0.2, 0) is 10.0 Å². The number of nitrogens with zero attached hydrogens (tertiary/aromatic N) is 4. The van der Waals surface area contributed by atoms with Gasteiger partial charge in [0.15, 0.2) is 5.82 Å². The summed E-state index contributed by atoms with van der Waals surface area (Å²) in [6.45, 7) is 2.70. The van der Waals surface area contributed by atoms with E-state index < -0.39 is 10.0 Å². The lowest BCUT2D eigenvalue weighted by Crippen LogP contribution is -2.12. The van der Waals surface area contributed by atoms with Gasteiger partial charge in [-0.25, -0.2) is 23.1 Å². The van der Waals surface area contributed by atoms with Crippen molar-refractivity contribution >= 4 is 27.2 Å². The highest BCUT2D eigenvalue weighted by Gasteiger charge is 2.14. The van der Waals surface area contributed by atoms with Crippen LogP contribution in [0, 0.1) is 0 Å². The summed E-state index contributed by atoms with van der Waals surface area (Å²) in [6, 6.07) is 16.8. The summed E-state index contributed by atoms with van der Waals surface area (Å²) in [5.74, 6) is 1.87. The smallest absolute Gasteiger partial charge is 0.261 e. The first-order valence-corrected chi connectivity index (χ1v) is 12.0. The van der Waals surface area contributed by atoms with E-state index in [-0.39, 0.29) is 4.90 Å². The second-order valence-corrected chi connectivity index (χ2v) is 8.88. The van der Waals surface area contributed by atoms with Crippen LogP contribution >= 0.6 is 0 Å². The molecule has 2 heterocycles. The average molecular weight is 465 g/mol. The molecule has 33 heavy (non-hydrogen) atoms. The molecular weight excluding hydrogens is 440 g/mol. The van der Waals surface area contributed by atoms with Gasteiger partial charge in [0.1, 0.15) is 17.9 Å². The molecule has 2 aromatic heterocycles. The Morgan fingerprint density at radius 3 is 2.45 bits per heavy atom. The summed E-state index contributed by atoms with van der Waals surface area (Å²) in [5.41, 5.74) is 1.19. The first-order valence-electron chi connectivity index (χ1n) is 10.5. The molecule has 0 amide bonds. The van der Waals surface area contributed by atoms with E-state index in [2.05, 4.69) is 32.0 Å². The molecule has 170 valence electrons. The predicted molar refractivity (Wildman–Crippen MR) is 127 cm³/mol. The van der Waals surface area contributed by atoms with Gasteiger partial charge in [-0.1, -0.05) is 13.3 Å². The number of sulfonamides is 1. The number of anilines is 3. The SMILES string of the molecule is CCCCOc1ccc(S(=O)(=O)Nc2ccc(Nc3cc(-n4cccn4)ncn3)cc2)cc1. The van der Waals surface area contributed by atoms with E-state index in [1.54, 1.807) is 59.5 Å². The molecule has 0 aliphatic heterocycles. The number of hydrogen-bond donors (Lipinski definition) is 2. The van der Waals surface area contributed by atoms with E-state index in [0.29, 0.717) is 29.7 Å². The fourth-order valence-electron chi connectivity index (χ4n) is 2.98. The van der Waals surface area contributed by atoms with Gasteiger partial charge in [-0.15, -0.1) is 0 Å². The lowest BCUT2D eigenvalue weighted by Gasteiger charge is -2.11. The van der Waals surface area contributed by atoms with Crippen molar-refractivity contribution in [2.75, 3.05) is 16.6 Å². The quantitative estimate of drug-likeness (QED) is 0.335. The number of hydrogen-bond acceptors (Lipinski definition) is 7. The molecule has 0 spiro atoms. The van der Waals surface area contributed by atoms with Crippen molar-refractivity contribution in [1.29, 1.82) is 0 Å². The van der Waals surface area contributed by atoms with Crippen molar-refractivity contribution in [3.8, 4) is 11.6 Å². The molecule has 0 atom stereocenters. The maximum absolute atomic E-state index is 12.7. The number of benzene rings is 2. The highest BCUT2D eigenvalue weighted by atomic mass is 32.2. The van der Waals surface area contributed by atoms with E-state index in [1.165, 1.54) is 18.5 Å². The number of aromatic nitrogens is 4. The molecule has 2 aromatic carbocycles. The van der Waals surface area contributed by atoms with Gasteiger partial charge >= 0.3 is 0 Å². The third-order valence-corrected chi connectivity index (χ3v) is 6.10. The first kappa shape index (κ1) is 22.3. The average Bonchev–Trinajstić information content (AvgIpc) is 3.36. The van der Waals surface area contributed by atoms with Crippen LogP contribution in [0.4, 0.5) is 17.2 Å². The molecule has 0 radical (unpaired) electrons. The second kappa shape index (κ2) is 10.1. The van der Waals surface area contributed by atoms with E-state index in [9.17, 15) is 8.42 Å². The van der Waals surface area contributed by atoms with Gasteiger partial charge in [-0.05, 0) is 61.0 Å². The fraction of sp³-hybridized carbons (Fsp3) is 0.174. The minimum absolute atomic E-state index is 0.166. The van der Waals surface area contributed by atoms with Crippen LogP contribution in [0.1, 0.15) is 19.8 Å². The van der Waals surface area contributed by atoms with E-state index in [4.69, 9.17) is 4.74 Å². The minimum atomic E-state index is -3.71. The molecule has 2 N–H and O–H groups in total. The molecule has 0 unspecified atom stereocenters. The van der Waals surface area contributed by atoms with Crippen LogP contribution in [0.15, 0.2) is 84.3 Å². The summed E-state index contributed by atoms with van der Waals surface area (Å²) in [7, 11) is -3.71. The summed E-state index contributed by atoms with van der Waals surface area (Å²) in [4.78, 5) is 8.57. The summed E-state index contributed by atoms with van der Waals surface area (Å²) >= 11 is 0. The van der Waals surface area contributed by atoms with E-state index in [1.807, 2.05) is 6.07 Å². The molecule has 0 saturated heterocycles.